The molecule has 0 unspecified atom stereocenters. The van der Waals surface area contributed by atoms with Crippen LogP contribution in [0.25, 0.3) is 22.4 Å². The minimum Gasteiger partial charge on any atom is -0.506 e. The molecule has 0 fully saturated rings. The van der Waals surface area contributed by atoms with Gasteiger partial charge in [-0.1, -0.05) is 23.2 Å². The molecule has 19 heavy (non-hydrogen) atoms. The van der Waals surface area contributed by atoms with Gasteiger partial charge in [-0.3, -0.25) is 0 Å². The van der Waals surface area contributed by atoms with Crippen molar-refractivity contribution >= 4 is 50.2 Å². The smallest absolute Gasteiger partial charge is 0.142 e. The average molecular weight is 358 g/mol. The number of benzene rings is 2. The third-order valence-corrected chi connectivity index (χ3v) is 3.79. The van der Waals surface area contributed by atoms with Gasteiger partial charge in [0.15, 0.2) is 0 Å². The highest BCUT2D eigenvalue weighted by atomic mass is 79.9. The van der Waals surface area contributed by atoms with Crippen molar-refractivity contribution in [3.8, 4) is 17.1 Å². The second-order valence-electron chi connectivity index (χ2n) is 4.03. The largest absolute Gasteiger partial charge is 0.506 e. The monoisotopic (exact) mass is 356 g/mol. The van der Waals surface area contributed by atoms with E-state index in [0.717, 1.165) is 11.0 Å². The highest BCUT2D eigenvalue weighted by molar-refractivity contribution is 9.10. The van der Waals surface area contributed by atoms with Gasteiger partial charge in [-0.2, -0.15) is 0 Å². The minimum atomic E-state index is 0.0922. The van der Waals surface area contributed by atoms with E-state index in [1.54, 1.807) is 24.3 Å². The lowest BCUT2D eigenvalue weighted by Crippen LogP contribution is -1.83. The van der Waals surface area contributed by atoms with Crippen molar-refractivity contribution < 1.29 is 5.11 Å². The Kier molecular flexibility index (Phi) is 3.17. The Morgan fingerprint density at radius 1 is 1.11 bits per heavy atom. The van der Waals surface area contributed by atoms with Crippen molar-refractivity contribution in [1.29, 1.82) is 0 Å². The molecule has 0 aliphatic carbocycles. The molecule has 3 nitrogen and oxygen atoms in total. The molecule has 3 aromatic rings. The van der Waals surface area contributed by atoms with Gasteiger partial charge in [0.25, 0.3) is 0 Å². The predicted molar refractivity (Wildman–Crippen MR) is 80.9 cm³/mol. The summed E-state index contributed by atoms with van der Waals surface area (Å²) in [6.07, 6.45) is 0. The Hall–Kier alpha value is -1.23. The molecule has 96 valence electrons. The molecule has 6 heteroatoms. The van der Waals surface area contributed by atoms with Gasteiger partial charge in [0.1, 0.15) is 11.6 Å². The number of H-pyrrole nitrogens is 1. The number of aromatic nitrogens is 2. The summed E-state index contributed by atoms with van der Waals surface area (Å²) in [5.74, 6) is 0.632. The van der Waals surface area contributed by atoms with Crippen molar-refractivity contribution in [2.24, 2.45) is 0 Å². The molecule has 3 rings (SSSR count). The number of phenols is 1. The lowest BCUT2D eigenvalue weighted by atomic mass is 10.2. The zero-order valence-corrected chi connectivity index (χ0v) is 12.5. The molecule has 0 aliphatic heterocycles. The normalized spacial score (nSPS) is 11.1. The summed E-state index contributed by atoms with van der Waals surface area (Å²) >= 11 is 15.2. The van der Waals surface area contributed by atoms with Gasteiger partial charge in [0.05, 0.1) is 21.1 Å². The van der Waals surface area contributed by atoms with Gasteiger partial charge >= 0.3 is 0 Å². The number of imidazole rings is 1. The van der Waals surface area contributed by atoms with Gasteiger partial charge in [-0.05, 0) is 46.3 Å². The summed E-state index contributed by atoms with van der Waals surface area (Å²) in [6, 6.07) is 8.64. The number of phenolic OH excluding ortho intramolecular Hbond substituents is 1. The lowest BCUT2D eigenvalue weighted by molar-refractivity contribution is 0.473. The first-order valence-electron chi connectivity index (χ1n) is 5.38. The van der Waals surface area contributed by atoms with Crippen molar-refractivity contribution in [3.05, 3.63) is 44.8 Å². The van der Waals surface area contributed by atoms with E-state index < -0.39 is 0 Å². The summed E-state index contributed by atoms with van der Waals surface area (Å²) in [7, 11) is 0. The number of hydrogen-bond donors (Lipinski definition) is 2. The SMILES string of the molecule is Oc1c(Br)cc(Cl)cc1-c1nc2ccc(Cl)cc2[nH]1. The van der Waals surface area contributed by atoms with Crippen LogP contribution < -0.4 is 0 Å². The minimum absolute atomic E-state index is 0.0922. The van der Waals surface area contributed by atoms with E-state index in [2.05, 4.69) is 25.9 Å². The number of halogens is 3. The third kappa shape index (κ3) is 2.31. The standard InChI is InChI=1S/C13H7BrCl2N2O/c14-9-4-7(16)3-8(12(9)19)13-17-10-2-1-6(15)5-11(10)18-13/h1-5,19H,(H,17,18). The average Bonchev–Trinajstić information content (AvgIpc) is 2.76. The van der Waals surface area contributed by atoms with Gasteiger partial charge in [-0.15, -0.1) is 0 Å². The number of fused-ring (bicyclic) bond motifs is 1. The van der Waals surface area contributed by atoms with Crippen LogP contribution in [0.15, 0.2) is 34.8 Å². The zero-order valence-electron chi connectivity index (χ0n) is 9.42. The van der Waals surface area contributed by atoms with Crippen LogP contribution in [0.5, 0.6) is 5.75 Å². The van der Waals surface area contributed by atoms with Crippen molar-refractivity contribution in [3.63, 3.8) is 0 Å². The van der Waals surface area contributed by atoms with E-state index >= 15 is 0 Å². The highest BCUT2D eigenvalue weighted by Gasteiger charge is 2.13. The van der Waals surface area contributed by atoms with E-state index in [1.165, 1.54) is 0 Å². The summed E-state index contributed by atoms with van der Waals surface area (Å²) in [6.45, 7) is 0. The maximum atomic E-state index is 10.1. The summed E-state index contributed by atoms with van der Waals surface area (Å²) in [4.78, 5) is 7.53. The van der Waals surface area contributed by atoms with E-state index in [1.807, 2.05) is 6.07 Å². The fourth-order valence-electron chi connectivity index (χ4n) is 1.86. The van der Waals surface area contributed by atoms with Crippen molar-refractivity contribution in [1.82, 2.24) is 9.97 Å². The molecule has 1 heterocycles. The first kappa shape index (κ1) is 12.8. The topological polar surface area (TPSA) is 48.9 Å². The van der Waals surface area contributed by atoms with Gasteiger partial charge in [-0.25, -0.2) is 4.98 Å². The Morgan fingerprint density at radius 3 is 2.68 bits per heavy atom. The first-order valence-corrected chi connectivity index (χ1v) is 6.93. The zero-order chi connectivity index (χ0) is 13.6. The molecule has 0 saturated carbocycles. The number of hydrogen-bond acceptors (Lipinski definition) is 2. The van der Waals surface area contributed by atoms with E-state index in [4.69, 9.17) is 23.2 Å². The molecule has 0 radical (unpaired) electrons. The molecule has 0 atom stereocenters. The summed E-state index contributed by atoms with van der Waals surface area (Å²) in [5.41, 5.74) is 2.11. The molecule has 0 bridgehead atoms. The van der Waals surface area contributed by atoms with Crippen LogP contribution >= 0.6 is 39.1 Å². The van der Waals surface area contributed by atoms with Crippen molar-refractivity contribution in [2.45, 2.75) is 0 Å². The molecular weight excluding hydrogens is 351 g/mol. The highest BCUT2D eigenvalue weighted by Crippen LogP contribution is 2.37. The number of nitrogens with one attached hydrogen (secondary N) is 1. The first-order chi connectivity index (χ1) is 9.04. The summed E-state index contributed by atoms with van der Waals surface area (Å²) < 4.78 is 0.522. The van der Waals surface area contributed by atoms with Crippen LogP contribution in [0.2, 0.25) is 10.0 Å². The van der Waals surface area contributed by atoms with Crippen LogP contribution in [-0.2, 0) is 0 Å². The maximum Gasteiger partial charge on any atom is 0.142 e. The van der Waals surface area contributed by atoms with E-state index in [9.17, 15) is 5.11 Å². The molecule has 2 aromatic carbocycles. The van der Waals surface area contributed by atoms with Crippen LogP contribution in [0.1, 0.15) is 0 Å². The second kappa shape index (κ2) is 4.71. The second-order valence-corrected chi connectivity index (χ2v) is 5.76. The third-order valence-electron chi connectivity index (χ3n) is 2.73. The van der Waals surface area contributed by atoms with Crippen LogP contribution in [0.3, 0.4) is 0 Å². The fraction of sp³-hybridized carbons (Fsp3) is 0. The molecular formula is C13H7BrCl2N2O. The van der Waals surface area contributed by atoms with Gasteiger partial charge in [0, 0.05) is 10.0 Å². The lowest BCUT2D eigenvalue weighted by Gasteiger charge is -2.04. The number of nitrogens with zero attached hydrogens (tertiary/aromatic N) is 1. The molecule has 1 aromatic heterocycles. The molecule has 2 N–H and O–H groups in total. The fourth-order valence-corrected chi connectivity index (χ4v) is 2.84. The Balaban J connectivity index is 2.24. The maximum absolute atomic E-state index is 10.1. The van der Waals surface area contributed by atoms with Crippen LogP contribution in [0.4, 0.5) is 0 Å². The molecule has 0 spiro atoms. The Morgan fingerprint density at radius 2 is 1.89 bits per heavy atom. The number of aromatic hydroxyl groups is 1. The quantitative estimate of drug-likeness (QED) is 0.643. The van der Waals surface area contributed by atoms with Crippen molar-refractivity contribution in [2.75, 3.05) is 0 Å². The van der Waals surface area contributed by atoms with Crippen LogP contribution in [-0.4, -0.2) is 15.1 Å². The molecule has 0 amide bonds. The summed E-state index contributed by atoms with van der Waals surface area (Å²) in [5, 5.41) is 11.2. The van der Waals surface area contributed by atoms with E-state index in [0.29, 0.717) is 25.9 Å². The number of rotatable bonds is 1. The van der Waals surface area contributed by atoms with Gasteiger partial charge < -0.3 is 10.1 Å². The Bertz CT molecular complexity index is 786. The Labute approximate surface area is 127 Å². The van der Waals surface area contributed by atoms with E-state index in [-0.39, 0.29) is 5.75 Å². The van der Waals surface area contributed by atoms with Crippen LogP contribution in [0, 0.1) is 0 Å². The predicted octanol–water partition coefficient (Wildman–Crippen LogP) is 5.00. The number of aromatic amines is 1. The van der Waals surface area contributed by atoms with Gasteiger partial charge in [0.2, 0.25) is 0 Å². The molecule has 0 saturated heterocycles. The molecule has 0 aliphatic rings.